The van der Waals surface area contributed by atoms with Crippen LogP contribution in [0.4, 0.5) is 10.7 Å². The third-order valence-corrected chi connectivity index (χ3v) is 11.1. The van der Waals surface area contributed by atoms with E-state index in [0.29, 0.717) is 27.7 Å². The lowest BCUT2D eigenvalue weighted by molar-refractivity contribution is -0.115. The van der Waals surface area contributed by atoms with Gasteiger partial charge in [-0.15, -0.1) is 23.1 Å². The van der Waals surface area contributed by atoms with E-state index < -0.39 is 17.1 Å². The predicted molar refractivity (Wildman–Crippen MR) is 199 cm³/mol. The summed E-state index contributed by atoms with van der Waals surface area (Å²) >= 11 is 6.30. The Labute approximate surface area is 298 Å². The number of hydrogen-bond donors (Lipinski definition) is 3. The molecule has 1 aromatic heterocycles. The van der Waals surface area contributed by atoms with Crippen molar-refractivity contribution in [1.29, 1.82) is 5.26 Å². The van der Waals surface area contributed by atoms with Gasteiger partial charge in [-0.2, -0.15) is 5.26 Å². The van der Waals surface area contributed by atoms with Crippen molar-refractivity contribution in [2.45, 2.75) is 57.1 Å². The minimum atomic E-state index is -0.491. The molecule has 1 aliphatic rings. The molecule has 0 aliphatic heterocycles. The van der Waals surface area contributed by atoms with E-state index in [1.807, 2.05) is 43.3 Å². The lowest BCUT2D eigenvalue weighted by Crippen LogP contribution is -2.30. The number of thiophene rings is 1. The van der Waals surface area contributed by atoms with Crippen molar-refractivity contribution in [2.75, 3.05) is 10.6 Å². The van der Waals surface area contributed by atoms with E-state index in [2.05, 4.69) is 58.7 Å². The topological polar surface area (TPSA) is 111 Å². The first-order chi connectivity index (χ1) is 22.9. The molecule has 0 radical (unpaired) electrons. The third kappa shape index (κ3) is 8.84. The van der Waals surface area contributed by atoms with Crippen LogP contribution in [0.15, 0.2) is 93.9 Å². The molecule has 0 saturated carbocycles. The van der Waals surface area contributed by atoms with Crippen molar-refractivity contribution in [1.82, 2.24) is 5.32 Å². The van der Waals surface area contributed by atoms with Gasteiger partial charge in [-0.25, -0.2) is 0 Å². The Morgan fingerprint density at radius 2 is 1.75 bits per heavy atom. The van der Waals surface area contributed by atoms with Crippen molar-refractivity contribution in [3.8, 4) is 6.07 Å². The fraction of sp³-hybridized carbons (Fsp3) is 0.263. The number of benzene rings is 3. The van der Waals surface area contributed by atoms with E-state index in [4.69, 9.17) is 0 Å². The number of halogens is 1. The lowest BCUT2D eigenvalue weighted by Gasteiger charge is -2.33. The summed E-state index contributed by atoms with van der Waals surface area (Å²) in [5.74, 6) is -0.554. The zero-order chi connectivity index (χ0) is 34.4. The summed E-state index contributed by atoms with van der Waals surface area (Å²) in [6.45, 7) is 8.59. The molecule has 0 saturated heterocycles. The number of nitrogens with zero attached hydrogens (tertiary/aromatic N) is 1. The first kappa shape index (κ1) is 35.1. The molecule has 3 aromatic carbocycles. The monoisotopic (exact) mass is 740 g/mol. The molecule has 4 aromatic rings. The van der Waals surface area contributed by atoms with Crippen LogP contribution in [0.3, 0.4) is 0 Å². The van der Waals surface area contributed by atoms with Crippen LogP contribution in [0, 0.1) is 22.7 Å². The second-order valence-corrected chi connectivity index (χ2v) is 16.2. The zero-order valence-corrected chi connectivity index (χ0v) is 30.4. The maximum absolute atomic E-state index is 13.5. The molecule has 5 rings (SSSR count). The van der Waals surface area contributed by atoms with Crippen LogP contribution in [0.1, 0.15) is 66.0 Å². The first-order valence-electron chi connectivity index (χ1n) is 15.7. The van der Waals surface area contributed by atoms with Crippen molar-refractivity contribution in [3.05, 3.63) is 116 Å². The lowest BCUT2D eigenvalue weighted by atomic mass is 9.72. The van der Waals surface area contributed by atoms with Gasteiger partial charge in [-0.1, -0.05) is 73.1 Å². The van der Waals surface area contributed by atoms with Gasteiger partial charge in [0.2, 0.25) is 5.91 Å². The van der Waals surface area contributed by atoms with Crippen LogP contribution in [0.5, 0.6) is 0 Å². The van der Waals surface area contributed by atoms with E-state index in [1.54, 1.807) is 48.5 Å². The largest absolute Gasteiger partial charge is 0.321 e. The normalized spacial score (nSPS) is 15.1. The fourth-order valence-corrected chi connectivity index (χ4v) is 7.99. The Balaban J connectivity index is 1.27. The number of thioether (sulfide) groups is 1. The molecular weight excluding hydrogens is 704 g/mol. The number of amides is 3. The van der Waals surface area contributed by atoms with Gasteiger partial charge in [0.15, 0.2) is 0 Å². The number of nitrogens with one attached hydrogen (secondary N) is 3. The van der Waals surface area contributed by atoms with Gasteiger partial charge in [0.25, 0.3) is 11.8 Å². The highest BCUT2D eigenvalue weighted by Gasteiger charge is 2.32. The summed E-state index contributed by atoms with van der Waals surface area (Å²) in [5.41, 5.74) is 3.61. The van der Waals surface area contributed by atoms with Crippen molar-refractivity contribution < 1.29 is 14.4 Å². The Hall–Kier alpha value is -4.17. The SMILES string of the molecule is CC(Sc1cccc(NC(=O)/C(=C\c2ccc(Br)cc2)NC(=O)c2ccccc2)c1)C(=O)Nc1sc2c(c1C#N)CCC(C(C)(C)C)C2. The maximum atomic E-state index is 13.5. The summed E-state index contributed by atoms with van der Waals surface area (Å²) in [4.78, 5) is 41.8. The number of nitriles is 1. The predicted octanol–water partition coefficient (Wildman–Crippen LogP) is 9.06. The van der Waals surface area contributed by atoms with Crippen LogP contribution >= 0.6 is 39.0 Å². The molecule has 2 unspecified atom stereocenters. The van der Waals surface area contributed by atoms with Gasteiger partial charge < -0.3 is 16.0 Å². The fourth-order valence-electron chi connectivity index (χ4n) is 5.52. The van der Waals surface area contributed by atoms with Crippen LogP contribution in [0.2, 0.25) is 0 Å². The summed E-state index contributed by atoms with van der Waals surface area (Å²) < 4.78 is 0.894. The van der Waals surface area contributed by atoms with Crippen LogP contribution < -0.4 is 16.0 Å². The van der Waals surface area contributed by atoms with Gasteiger partial charge in [0, 0.05) is 25.5 Å². The minimum absolute atomic E-state index is 0.0812. The Morgan fingerprint density at radius 3 is 2.44 bits per heavy atom. The standard InChI is InChI=1S/C38H37BrN4O3S2/c1-23(34(44)43-37-31(22-40)30-18-15-26(38(2,3)4)20-33(30)48-37)47-29-12-8-11-28(21-29)41-36(46)32(19-24-13-16-27(39)17-14-24)42-35(45)25-9-6-5-7-10-25/h5-14,16-17,19,21,23,26H,15,18,20H2,1-4H3,(H,41,46)(H,42,45)(H,43,44)/b32-19+. The number of carbonyl (C=O) groups is 3. The smallest absolute Gasteiger partial charge is 0.272 e. The van der Waals surface area contributed by atoms with Crippen molar-refractivity contribution in [2.24, 2.45) is 11.3 Å². The third-order valence-electron chi connectivity index (χ3n) is 8.32. The van der Waals surface area contributed by atoms with Crippen LogP contribution in [-0.2, 0) is 22.4 Å². The second kappa shape index (κ2) is 15.4. The molecule has 1 heterocycles. The average Bonchev–Trinajstić information content (AvgIpc) is 3.41. The van der Waals surface area contributed by atoms with Gasteiger partial charge in [-0.3, -0.25) is 14.4 Å². The van der Waals surface area contributed by atoms with Crippen molar-refractivity contribution >= 4 is 73.5 Å². The molecular formula is C38H37BrN4O3S2. The molecule has 3 N–H and O–H groups in total. The van der Waals surface area contributed by atoms with E-state index in [-0.39, 0.29) is 17.0 Å². The van der Waals surface area contributed by atoms with E-state index in [9.17, 15) is 19.6 Å². The highest BCUT2D eigenvalue weighted by Crippen LogP contribution is 2.44. The van der Waals surface area contributed by atoms with E-state index >= 15 is 0 Å². The summed E-state index contributed by atoms with van der Waals surface area (Å²) in [6.07, 6.45) is 4.43. The molecule has 10 heteroatoms. The minimum Gasteiger partial charge on any atom is -0.321 e. The molecule has 0 bridgehead atoms. The van der Waals surface area contributed by atoms with Crippen LogP contribution in [-0.4, -0.2) is 23.0 Å². The Bertz CT molecular complexity index is 1890. The zero-order valence-electron chi connectivity index (χ0n) is 27.2. The molecule has 2 atom stereocenters. The van der Waals surface area contributed by atoms with Gasteiger partial charge in [-0.05, 0) is 97.2 Å². The molecule has 246 valence electrons. The average molecular weight is 742 g/mol. The van der Waals surface area contributed by atoms with Gasteiger partial charge in [0.05, 0.1) is 10.8 Å². The number of carbonyl (C=O) groups excluding carboxylic acids is 3. The summed E-state index contributed by atoms with van der Waals surface area (Å²) in [7, 11) is 0. The first-order valence-corrected chi connectivity index (χ1v) is 18.2. The van der Waals surface area contributed by atoms with E-state index in [1.165, 1.54) is 28.0 Å². The molecule has 1 aliphatic carbocycles. The summed E-state index contributed by atoms with van der Waals surface area (Å²) in [5, 5.41) is 18.8. The van der Waals surface area contributed by atoms with E-state index in [0.717, 1.165) is 39.8 Å². The van der Waals surface area contributed by atoms with Crippen molar-refractivity contribution in [3.63, 3.8) is 0 Å². The molecule has 0 spiro atoms. The van der Waals surface area contributed by atoms with Crippen LogP contribution in [0.25, 0.3) is 6.08 Å². The number of hydrogen-bond acceptors (Lipinski definition) is 6. The molecule has 0 fully saturated rings. The number of fused-ring (bicyclic) bond motifs is 1. The Morgan fingerprint density at radius 1 is 1.02 bits per heavy atom. The maximum Gasteiger partial charge on any atom is 0.272 e. The highest BCUT2D eigenvalue weighted by molar-refractivity contribution is 9.10. The molecule has 7 nitrogen and oxygen atoms in total. The van der Waals surface area contributed by atoms with Gasteiger partial charge in [0.1, 0.15) is 16.8 Å². The highest BCUT2D eigenvalue weighted by atomic mass is 79.9. The number of rotatable bonds is 9. The second-order valence-electron chi connectivity index (χ2n) is 12.8. The molecule has 3 amide bonds. The van der Waals surface area contributed by atoms with Gasteiger partial charge >= 0.3 is 0 Å². The molecule has 48 heavy (non-hydrogen) atoms. The Kier molecular flexibility index (Phi) is 11.3. The quantitative estimate of drug-likeness (QED) is 0.117. The summed E-state index contributed by atoms with van der Waals surface area (Å²) in [6, 6.07) is 25.6. The number of anilines is 2.